The Balaban J connectivity index is 2.79. The Labute approximate surface area is 110 Å². The molecule has 0 saturated heterocycles. The van der Waals surface area contributed by atoms with Crippen molar-refractivity contribution in [3.05, 3.63) is 35.9 Å². The largest absolute Gasteiger partial charge is 0.457 e. The normalized spacial score (nSPS) is 13.1. The van der Waals surface area contributed by atoms with Crippen molar-refractivity contribution in [2.24, 2.45) is 5.41 Å². The molecule has 0 fully saturated rings. The van der Waals surface area contributed by atoms with Gasteiger partial charge in [-0.1, -0.05) is 50.6 Å². The number of carbonyl (C=O) groups is 1. The molecular formula is C16H24O2. The number of benzene rings is 1. The molecule has 1 unspecified atom stereocenters. The SMILES string of the molecule is CCCC(OC(=O)C(C)(C)CC)c1ccccc1. The summed E-state index contributed by atoms with van der Waals surface area (Å²) in [5, 5.41) is 0. The molecule has 0 bridgehead atoms. The molecule has 100 valence electrons. The predicted octanol–water partition coefficient (Wildman–Crippen LogP) is 4.51. The van der Waals surface area contributed by atoms with Gasteiger partial charge in [0.1, 0.15) is 6.10 Å². The second-order valence-corrected chi connectivity index (χ2v) is 5.33. The van der Waals surface area contributed by atoms with Gasteiger partial charge in [-0.2, -0.15) is 0 Å². The first-order valence-electron chi connectivity index (χ1n) is 6.77. The number of hydrogen-bond acceptors (Lipinski definition) is 2. The van der Waals surface area contributed by atoms with E-state index >= 15 is 0 Å². The summed E-state index contributed by atoms with van der Waals surface area (Å²) in [6.45, 7) is 7.99. The highest BCUT2D eigenvalue weighted by Gasteiger charge is 2.29. The number of ether oxygens (including phenoxy) is 1. The van der Waals surface area contributed by atoms with E-state index in [1.54, 1.807) is 0 Å². The van der Waals surface area contributed by atoms with Gasteiger partial charge in [0.05, 0.1) is 5.41 Å². The van der Waals surface area contributed by atoms with Gasteiger partial charge in [-0.25, -0.2) is 0 Å². The fraction of sp³-hybridized carbons (Fsp3) is 0.562. The molecule has 1 aromatic rings. The molecule has 1 aromatic carbocycles. The van der Waals surface area contributed by atoms with Crippen LogP contribution in [0.15, 0.2) is 30.3 Å². The Morgan fingerprint density at radius 2 is 1.83 bits per heavy atom. The molecule has 0 aromatic heterocycles. The monoisotopic (exact) mass is 248 g/mol. The fourth-order valence-electron chi connectivity index (χ4n) is 1.66. The van der Waals surface area contributed by atoms with E-state index in [9.17, 15) is 4.79 Å². The molecular weight excluding hydrogens is 224 g/mol. The molecule has 0 spiro atoms. The van der Waals surface area contributed by atoms with Crippen molar-refractivity contribution in [2.45, 2.75) is 53.1 Å². The maximum absolute atomic E-state index is 12.1. The van der Waals surface area contributed by atoms with Crippen LogP contribution in [0.4, 0.5) is 0 Å². The van der Waals surface area contributed by atoms with Gasteiger partial charge in [0.15, 0.2) is 0 Å². The van der Waals surface area contributed by atoms with Crippen molar-refractivity contribution in [3.8, 4) is 0 Å². The summed E-state index contributed by atoms with van der Waals surface area (Å²) in [7, 11) is 0. The third-order valence-electron chi connectivity index (χ3n) is 3.41. The molecule has 1 atom stereocenters. The summed E-state index contributed by atoms with van der Waals surface area (Å²) in [5.41, 5.74) is 0.681. The number of carbonyl (C=O) groups excluding carboxylic acids is 1. The van der Waals surface area contributed by atoms with Crippen molar-refractivity contribution in [1.82, 2.24) is 0 Å². The quantitative estimate of drug-likeness (QED) is 0.692. The molecule has 0 amide bonds. The number of rotatable bonds is 6. The average Bonchev–Trinajstić information content (AvgIpc) is 2.39. The highest BCUT2D eigenvalue weighted by atomic mass is 16.5. The second-order valence-electron chi connectivity index (χ2n) is 5.33. The number of esters is 1. The van der Waals surface area contributed by atoms with E-state index in [2.05, 4.69) is 6.92 Å². The van der Waals surface area contributed by atoms with Crippen molar-refractivity contribution in [3.63, 3.8) is 0 Å². The lowest BCUT2D eigenvalue weighted by Crippen LogP contribution is -2.27. The minimum Gasteiger partial charge on any atom is -0.457 e. The summed E-state index contributed by atoms with van der Waals surface area (Å²) < 4.78 is 5.69. The van der Waals surface area contributed by atoms with Gasteiger partial charge in [0.25, 0.3) is 0 Å². The van der Waals surface area contributed by atoms with Gasteiger partial charge in [-0.05, 0) is 32.3 Å². The highest BCUT2D eigenvalue weighted by molar-refractivity contribution is 5.76. The van der Waals surface area contributed by atoms with Crippen molar-refractivity contribution < 1.29 is 9.53 Å². The summed E-state index contributed by atoms with van der Waals surface area (Å²) in [6, 6.07) is 9.98. The first-order chi connectivity index (χ1) is 8.51. The zero-order chi connectivity index (χ0) is 13.6. The smallest absolute Gasteiger partial charge is 0.312 e. The first kappa shape index (κ1) is 14.7. The zero-order valence-electron chi connectivity index (χ0n) is 11.9. The Bertz CT molecular complexity index is 368. The van der Waals surface area contributed by atoms with E-state index in [1.165, 1.54) is 0 Å². The Morgan fingerprint density at radius 3 is 2.33 bits per heavy atom. The summed E-state index contributed by atoms with van der Waals surface area (Å²) in [4.78, 5) is 12.1. The summed E-state index contributed by atoms with van der Waals surface area (Å²) >= 11 is 0. The molecule has 2 heteroatoms. The van der Waals surface area contributed by atoms with Crippen LogP contribution >= 0.6 is 0 Å². The third kappa shape index (κ3) is 3.86. The van der Waals surface area contributed by atoms with Gasteiger partial charge in [-0.15, -0.1) is 0 Å². The molecule has 0 saturated carbocycles. The van der Waals surface area contributed by atoms with Crippen LogP contribution in [-0.2, 0) is 9.53 Å². The maximum atomic E-state index is 12.1. The summed E-state index contributed by atoms with van der Waals surface area (Å²) in [6.07, 6.45) is 2.54. The molecule has 0 heterocycles. The van der Waals surface area contributed by atoms with Crippen LogP contribution in [0.1, 0.15) is 58.6 Å². The fourth-order valence-corrected chi connectivity index (χ4v) is 1.66. The van der Waals surface area contributed by atoms with E-state index < -0.39 is 5.41 Å². The van der Waals surface area contributed by atoms with Crippen LogP contribution in [0, 0.1) is 5.41 Å². The zero-order valence-corrected chi connectivity index (χ0v) is 11.9. The van der Waals surface area contributed by atoms with E-state index in [4.69, 9.17) is 4.74 Å². The molecule has 18 heavy (non-hydrogen) atoms. The van der Waals surface area contributed by atoms with Crippen molar-refractivity contribution >= 4 is 5.97 Å². The Hall–Kier alpha value is -1.31. The minimum absolute atomic E-state index is 0.104. The van der Waals surface area contributed by atoms with E-state index in [0.717, 1.165) is 24.8 Å². The highest BCUT2D eigenvalue weighted by Crippen LogP contribution is 2.29. The lowest BCUT2D eigenvalue weighted by atomic mass is 9.90. The standard InChI is InChI=1S/C16H24O2/c1-5-10-14(13-11-8-7-9-12-13)18-15(17)16(3,4)6-2/h7-9,11-12,14H,5-6,10H2,1-4H3. The molecule has 2 nitrogen and oxygen atoms in total. The molecule has 1 rings (SSSR count). The summed E-state index contributed by atoms with van der Waals surface area (Å²) in [5.74, 6) is -0.104. The van der Waals surface area contributed by atoms with Crippen LogP contribution in [0.2, 0.25) is 0 Å². The minimum atomic E-state index is -0.402. The number of hydrogen-bond donors (Lipinski definition) is 0. The van der Waals surface area contributed by atoms with E-state index in [-0.39, 0.29) is 12.1 Å². The second kappa shape index (κ2) is 6.58. The Morgan fingerprint density at radius 1 is 1.22 bits per heavy atom. The lowest BCUT2D eigenvalue weighted by molar-refractivity contribution is -0.160. The van der Waals surface area contributed by atoms with Gasteiger partial charge >= 0.3 is 5.97 Å². The molecule has 0 aliphatic heterocycles. The van der Waals surface area contributed by atoms with Crippen LogP contribution in [0.5, 0.6) is 0 Å². The van der Waals surface area contributed by atoms with Gasteiger partial charge in [-0.3, -0.25) is 4.79 Å². The molecule has 0 aliphatic rings. The predicted molar refractivity (Wildman–Crippen MR) is 74.3 cm³/mol. The average molecular weight is 248 g/mol. The maximum Gasteiger partial charge on any atom is 0.312 e. The van der Waals surface area contributed by atoms with E-state index in [1.807, 2.05) is 51.1 Å². The van der Waals surface area contributed by atoms with Crippen LogP contribution in [-0.4, -0.2) is 5.97 Å². The third-order valence-corrected chi connectivity index (χ3v) is 3.41. The van der Waals surface area contributed by atoms with Gasteiger partial charge < -0.3 is 4.74 Å². The first-order valence-corrected chi connectivity index (χ1v) is 6.77. The van der Waals surface area contributed by atoms with Crippen LogP contribution in [0.25, 0.3) is 0 Å². The molecule has 0 radical (unpaired) electrons. The van der Waals surface area contributed by atoms with E-state index in [0.29, 0.717) is 0 Å². The van der Waals surface area contributed by atoms with Gasteiger partial charge in [0, 0.05) is 0 Å². The van der Waals surface area contributed by atoms with Crippen LogP contribution in [0.3, 0.4) is 0 Å². The Kier molecular flexibility index (Phi) is 5.39. The topological polar surface area (TPSA) is 26.3 Å². The van der Waals surface area contributed by atoms with Crippen molar-refractivity contribution in [1.29, 1.82) is 0 Å². The molecule has 0 aliphatic carbocycles. The molecule has 0 N–H and O–H groups in total. The van der Waals surface area contributed by atoms with Crippen molar-refractivity contribution in [2.75, 3.05) is 0 Å². The lowest BCUT2D eigenvalue weighted by Gasteiger charge is -2.25. The van der Waals surface area contributed by atoms with Gasteiger partial charge in [0.2, 0.25) is 0 Å². The van der Waals surface area contributed by atoms with Crippen LogP contribution < -0.4 is 0 Å².